The van der Waals surface area contributed by atoms with E-state index in [1.807, 2.05) is 30.3 Å². The van der Waals surface area contributed by atoms with Crippen molar-refractivity contribution in [3.63, 3.8) is 0 Å². The summed E-state index contributed by atoms with van der Waals surface area (Å²) in [5.41, 5.74) is 2.72. The molecule has 0 saturated heterocycles. The van der Waals surface area contributed by atoms with E-state index >= 15 is 0 Å². The number of nitrogens with zero attached hydrogens (tertiary/aromatic N) is 2. The Kier molecular flexibility index (Phi) is 2.81. The first-order valence-corrected chi connectivity index (χ1v) is 6.13. The molecular weight excluding hydrogens is 266 g/mol. The van der Waals surface area contributed by atoms with Gasteiger partial charge in [-0.3, -0.25) is 10.1 Å². The number of benzene rings is 1. The van der Waals surface area contributed by atoms with Gasteiger partial charge in [0.25, 0.3) is 0 Å². The van der Waals surface area contributed by atoms with Gasteiger partial charge in [-0.1, -0.05) is 42.0 Å². The fraction of sp³-hybridized carbons (Fsp3) is 0. The molecule has 0 radical (unpaired) electrons. The highest BCUT2D eigenvalue weighted by Crippen LogP contribution is 2.24. The number of aromatic amines is 1. The van der Waals surface area contributed by atoms with E-state index in [-0.39, 0.29) is 0 Å². The average molecular weight is 274 g/mol. The van der Waals surface area contributed by atoms with E-state index in [2.05, 4.69) is 15.2 Å². The lowest BCUT2D eigenvalue weighted by molar-refractivity contribution is 1.02. The van der Waals surface area contributed by atoms with Crippen LogP contribution in [-0.2, 0) is 0 Å². The first kappa shape index (κ1) is 11.3. The number of aromatic nitrogens is 3. The molecule has 5 heteroatoms. The van der Waals surface area contributed by atoms with Gasteiger partial charge in [0.1, 0.15) is 9.79 Å². The summed E-state index contributed by atoms with van der Waals surface area (Å²) in [6.45, 7) is 0. The molecule has 3 rings (SSSR count). The largest absolute Gasteiger partial charge is 0.266 e. The van der Waals surface area contributed by atoms with Gasteiger partial charge >= 0.3 is 0 Å². The van der Waals surface area contributed by atoms with Crippen LogP contribution >= 0.6 is 23.8 Å². The van der Waals surface area contributed by atoms with Gasteiger partial charge in [0, 0.05) is 22.7 Å². The second-order valence-electron chi connectivity index (χ2n) is 3.85. The van der Waals surface area contributed by atoms with Crippen molar-refractivity contribution < 1.29 is 0 Å². The minimum absolute atomic E-state index is 0.381. The third-order valence-corrected chi connectivity index (χ3v) is 3.18. The predicted molar refractivity (Wildman–Crippen MR) is 75.2 cm³/mol. The lowest BCUT2D eigenvalue weighted by atomic mass is 10.1. The molecular formula is C13H8ClN3S. The molecule has 2 aromatic heterocycles. The Hall–Kier alpha value is -1.78. The molecule has 3 nitrogen and oxygen atoms in total. The summed E-state index contributed by atoms with van der Waals surface area (Å²) in [7, 11) is 0. The van der Waals surface area contributed by atoms with Crippen molar-refractivity contribution in [3.8, 4) is 11.1 Å². The molecule has 0 unspecified atom stereocenters. The van der Waals surface area contributed by atoms with Crippen molar-refractivity contribution in [2.24, 2.45) is 0 Å². The van der Waals surface area contributed by atoms with E-state index in [0.717, 1.165) is 22.0 Å². The Morgan fingerprint density at radius 3 is 2.89 bits per heavy atom. The normalized spacial score (nSPS) is 10.7. The number of H-pyrrole nitrogens is 1. The van der Waals surface area contributed by atoms with Crippen LogP contribution in [0.3, 0.4) is 0 Å². The summed E-state index contributed by atoms with van der Waals surface area (Å²) in [6, 6.07) is 11.7. The van der Waals surface area contributed by atoms with Crippen LogP contribution in [0.1, 0.15) is 0 Å². The number of pyridine rings is 1. The zero-order chi connectivity index (χ0) is 12.5. The lowest BCUT2D eigenvalue weighted by Crippen LogP contribution is -1.89. The lowest BCUT2D eigenvalue weighted by Gasteiger charge is -2.03. The predicted octanol–water partition coefficient (Wildman–Crippen LogP) is 4.01. The van der Waals surface area contributed by atoms with E-state index in [1.165, 1.54) is 0 Å². The number of rotatable bonds is 1. The van der Waals surface area contributed by atoms with E-state index < -0.39 is 0 Å². The summed E-state index contributed by atoms with van der Waals surface area (Å²) in [6.07, 6.45) is 1.79. The Morgan fingerprint density at radius 2 is 2.00 bits per heavy atom. The molecule has 0 aliphatic carbocycles. The molecule has 88 valence electrons. The molecule has 0 atom stereocenters. The number of hydrogen-bond acceptors (Lipinski definition) is 3. The third-order valence-electron chi connectivity index (χ3n) is 2.67. The summed E-state index contributed by atoms with van der Waals surface area (Å²) in [5.74, 6) is 0. The summed E-state index contributed by atoms with van der Waals surface area (Å²) in [5, 5.41) is 8.01. The van der Waals surface area contributed by atoms with Crippen LogP contribution in [0, 0.1) is 4.64 Å². The number of fused-ring (bicyclic) bond motifs is 1. The maximum Gasteiger partial charge on any atom is 0.150 e. The Morgan fingerprint density at radius 1 is 1.17 bits per heavy atom. The van der Waals surface area contributed by atoms with E-state index in [0.29, 0.717) is 9.79 Å². The second kappa shape index (κ2) is 4.48. The molecule has 0 aliphatic rings. The Bertz CT molecular complexity index is 782. The zero-order valence-electron chi connectivity index (χ0n) is 9.22. The van der Waals surface area contributed by atoms with Crippen LogP contribution in [-0.4, -0.2) is 15.2 Å². The SMILES string of the molecule is S=c1[nH]nc(Cl)cc1-c1cnc2ccccc2c1. The van der Waals surface area contributed by atoms with Crippen molar-refractivity contribution in [2.75, 3.05) is 0 Å². The fourth-order valence-electron chi connectivity index (χ4n) is 1.81. The Labute approximate surface area is 113 Å². The van der Waals surface area contributed by atoms with Crippen LogP contribution < -0.4 is 0 Å². The molecule has 3 aromatic rings. The zero-order valence-corrected chi connectivity index (χ0v) is 10.8. The van der Waals surface area contributed by atoms with Gasteiger partial charge in [0.2, 0.25) is 0 Å². The molecule has 2 heterocycles. The van der Waals surface area contributed by atoms with Crippen LogP contribution in [0.2, 0.25) is 5.15 Å². The molecule has 1 N–H and O–H groups in total. The van der Waals surface area contributed by atoms with Gasteiger partial charge in [-0.2, -0.15) is 5.10 Å². The van der Waals surface area contributed by atoms with Crippen LogP contribution in [0.25, 0.3) is 22.0 Å². The topological polar surface area (TPSA) is 41.6 Å². The number of halogens is 1. The second-order valence-corrected chi connectivity index (χ2v) is 4.65. The minimum atomic E-state index is 0.381. The smallest absolute Gasteiger partial charge is 0.150 e. The van der Waals surface area contributed by atoms with Crippen LogP contribution in [0.4, 0.5) is 0 Å². The van der Waals surface area contributed by atoms with Crippen molar-refractivity contribution in [1.29, 1.82) is 0 Å². The number of hydrogen-bond donors (Lipinski definition) is 1. The average Bonchev–Trinajstić information content (AvgIpc) is 2.41. The monoisotopic (exact) mass is 273 g/mol. The number of nitrogens with one attached hydrogen (secondary N) is 1. The molecule has 0 aliphatic heterocycles. The summed E-state index contributed by atoms with van der Waals surface area (Å²) in [4.78, 5) is 4.40. The van der Waals surface area contributed by atoms with E-state index in [9.17, 15) is 0 Å². The number of para-hydroxylation sites is 1. The molecule has 18 heavy (non-hydrogen) atoms. The molecule has 0 fully saturated rings. The highest BCUT2D eigenvalue weighted by Gasteiger charge is 2.04. The van der Waals surface area contributed by atoms with Crippen LogP contribution in [0.5, 0.6) is 0 Å². The molecule has 0 amide bonds. The van der Waals surface area contributed by atoms with Crippen molar-refractivity contribution >= 4 is 34.7 Å². The third kappa shape index (κ3) is 2.00. The molecule has 0 spiro atoms. The molecule has 1 aromatic carbocycles. The summed E-state index contributed by atoms with van der Waals surface area (Å²) < 4.78 is 0.552. The fourth-order valence-corrected chi connectivity index (χ4v) is 2.19. The minimum Gasteiger partial charge on any atom is -0.266 e. The van der Waals surface area contributed by atoms with Gasteiger partial charge in [-0.15, -0.1) is 0 Å². The highest BCUT2D eigenvalue weighted by atomic mass is 35.5. The van der Waals surface area contributed by atoms with Crippen LogP contribution in [0.15, 0.2) is 42.6 Å². The Balaban J connectivity index is 2.25. The maximum absolute atomic E-state index is 5.88. The van der Waals surface area contributed by atoms with Crippen molar-refractivity contribution in [2.45, 2.75) is 0 Å². The quantitative estimate of drug-likeness (QED) is 0.681. The first-order chi connectivity index (χ1) is 8.74. The maximum atomic E-state index is 5.88. The van der Waals surface area contributed by atoms with Gasteiger partial charge in [0.05, 0.1) is 5.52 Å². The standard InChI is InChI=1S/C13H8ClN3S/c14-12-6-10(13(18)17-16-12)9-5-8-3-1-2-4-11(8)15-7-9/h1-7H,(H,17,18). The van der Waals surface area contributed by atoms with Gasteiger partial charge in [-0.25, -0.2) is 0 Å². The summed E-state index contributed by atoms with van der Waals surface area (Å²) >= 11 is 11.1. The van der Waals surface area contributed by atoms with Gasteiger partial charge < -0.3 is 0 Å². The first-order valence-electron chi connectivity index (χ1n) is 5.34. The van der Waals surface area contributed by atoms with E-state index in [4.69, 9.17) is 23.8 Å². The van der Waals surface area contributed by atoms with Crippen molar-refractivity contribution in [3.05, 3.63) is 52.4 Å². The van der Waals surface area contributed by atoms with Gasteiger partial charge in [-0.05, 0) is 18.2 Å². The molecule has 0 bridgehead atoms. The molecule has 0 saturated carbocycles. The van der Waals surface area contributed by atoms with Crippen molar-refractivity contribution in [1.82, 2.24) is 15.2 Å². The van der Waals surface area contributed by atoms with E-state index in [1.54, 1.807) is 12.3 Å². The van der Waals surface area contributed by atoms with Gasteiger partial charge in [0.15, 0.2) is 0 Å². The highest BCUT2D eigenvalue weighted by molar-refractivity contribution is 7.71.